The lowest BCUT2D eigenvalue weighted by Crippen LogP contribution is -2.36. The van der Waals surface area contributed by atoms with Crippen molar-refractivity contribution in [3.8, 4) is 11.3 Å². The van der Waals surface area contributed by atoms with Gasteiger partial charge in [-0.1, -0.05) is 35.5 Å². The van der Waals surface area contributed by atoms with Crippen LogP contribution in [0.15, 0.2) is 46.6 Å². The number of rotatable bonds is 6. The number of carbonyl (C=O) groups excluding carboxylic acids is 2. The molecule has 2 heterocycles. The first-order valence-corrected chi connectivity index (χ1v) is 8.89. The fourth-order valence-corrected chi connectivity index (χ4v) is 3.21. The predicted octanol–water partition coefficient (Wildman–Crippen LogP) is 2.61. The number of hydrogen-bond donors (Lipinski definition) is 1. The summed E-state index contributed by atoms with van der Waals surface area (Å²) < 4.78 is 5.22. The monoisotopic (exact) mass is 370 g/mol. The van der Waals surface area contributed by atoms with Crippen molar-refractivity contribution in [1.82, 2.24) is 20.4 Å². The first-order valence-electron chi connectivity index (χ1n) is 8.01. The van der Waals surface area contributed by atoms with Crippen molar-refractivity contribution in [2.24, 2.45) is 0 Å². The predicted molar refractivity (Wildman–Crippen MR) is 98.1 cm³/mol. The molecule has 26 heavy (non-hydrogen) atoms. The summed E-state index contributed by atoms with van der Waals surface area (Å²) in [5, 5.41) is 6.52. The van der Waals surface area contributed by atoms with Crippen molar-refractivity contribution in [2.75, 3.05) is 20.1 Å². The van der Waals surface area contributed by atoms with Crippen LogP contribution in [0.1, 0.15) is 25.7 Å². The average Bonchev–Trinajstić information content (AvgIpc) is 3.30. The van der Waals surface area contributed by atoms with Gasteiger partial charge in [-0.05, 0) is 6.92 Å². The quantitative estimate of drug-likeness (QED) is 0.720. The SMILES string of the molecule is Cc1ncsc1C(=O)N(C)CCNC(=O)c1cnoc1-c1ccccc1. The van der Waals surface area contributed by atoms with Crippen LogP contribution in [0, 0.1) is 6.92 Å². The van der Waals surface area contributed by atoms with Gasteiger partial charge in [0.2, 0.25) is 0 Å². The third-order valence-electron chi connectivity index (χ3n) is 3.87. The highest BCUT2D eigenvalue weighted by Gasteiger charge is 2.19. The van der Waals surface area contributed by atoms with E-state index in [2.05, 4.69) is 15.5 Å². The second-order valence-corrected chi connectivity index (χ2v) is 6.54. The lowest BCUT2D eigenvalue weighted by atomic mass is 10.1. The number of nitrogens with one attached hydrogen (secondary N) is 1. The van der Waals surface area contributed by atoms with Gasteiger partial charge in [0.15, 0.2) is 5.76 Å². The van der Waals surface area contributed by atoms with Crippen LogP contribution >= 0.6 is 11.3 Å². The molecule has 0 unspecified atom stereocenters. The molecule has 0 saturated heterocycles. The number of thiazole rings is 1. The zero-order valence-corrected chi connectivity index (χ0v) is 15.2. The van der Waals surface area contributed by atoms with Crippen molar-refractivity contribution in [3.05, 3.63) is 58.2 Å². The molecule has 2 aromatic heterocycles. The number of carbonyl (C=O) groups is 2. The highest BCUT2D eigenvalue weighted by atomic mass is 32.1. The Kier molecular flexibility index (Phi) is 5.43. The van der Waals surface area contributed by atoms with Crippen LogP contribution in [0.3, 0.4) is 0 Å². The molecule has 2 amide bonds. The lowest BCUT2D eigenvalue weighted by Gasteiger charge is -2.16. The molecule has 1 N–H and O–H groups in total. The molecule has 3 aromatic rings. The lowest BCUT2D eigenvalue weighted by molar-refractivity contribution is 0.0790. The second-order valence-electron chi connectivity index (χ2n) is 5.68. The molecule has 0 aliphatic rings. The summed E-state index contributed by atoms with van der Waals surface area (Å²) in [6.45, 7) is 2.50. The summed E-state index contributed by atoms with van der Waals surface area (Å²) in [5.41, 5.74) is 3.51. The van der Waals surface area contributed by atoms with Crippen LogP contribution in [-0.4, -0.2) is 47.0 Å². The van der Waals surface area contributed by atoms with E-state index in [9.17, 15) is 9.59 Å². The van der Waals surface area contributed by atoms with Crippen molar-refractivity contribution >= 4 is 23.2 Å². The molecule has 8 heteroatoms. The van der Waals surface area contributed by atoms with Crippen LogP contribution in [0.5, 0.6) is 0 Å². The molecule has 0 fully saturated rings. The van der Waals surface area contributed by atoms with Crippen molar-refractivity contribution < 1.29 is 14.1 Å². The zero-order chi connectivity index (χ0) is 18.5. The Labute approximate surface area is 154 Å². The third-order valence-corrected chi connectivity index (χ3v) is 4.79. The molecule has 1 aromatic carbocycles. The summed E-state index contributed by atoms with van der Waals surface area (Å²) in [6, 6.07) is 9.31. The normalized spacial score (nSPS) is 10.5. The van der Waals surface area contributed by atoms with Gasteiger partial charge in [0.1, 0.15) is 10.4 Å². The van der Waals surface area contributed by atoms with Gasteiger partial charge in [-0.3, -0.25) is 9.59 Å². The zero-order valence-electron chi connectivity index (χ0n) is 14.4. The average molecular weight is 370 g/mol. The van der Waals surface area contributed by atoms with E-state index in [0.717, 1.165) is 5.56 Å². The fraction of sp³-hybridized carbons (Fsp3) is 0.222. The number of likely N-dealkylation sites (N-methyl/N-ethyl adjacent to an activating group) is 1. The van der Waals surface area contributed by atoms with Gasteiger partial charge < -0.3 is 14.7 Å². The molecule has 134 valence electrons. The van der Waals surface area contributed by atoms with Gasteiger partial charge in [-0.25, -0.2) is 4.98 Å². The number of hydrogen-bond acceptors (Lipinski definition) is 6. The summed E-state index contributed by atoms with van der Waals surface area (Å²) in [5.74, 6) is 0.0296. The Morgan fingerprint density at radius 2 is 2.04 bits per heavy atom. The maximum Gasteiger partial charge on any atom is 0.265 e. The molecule has 3 rings (SSSR count). The van der Waals surface area contributed by atoms with E-state index in [0.29, 0.717) is 35.0 Å². The van der Waals surface area contributed by atoms with Crippen LogP contribution in [0.4, 0.5) is 0 Å². The van der Waals surface area contributed by atoms with E-state index in [-0.39, 0.29) is 11.8 Å². The minimum absolute atomic E-state index is 0.103. The molecule has 7 nitrogen and oxygen atoms in total. The van der Waals surface area contributed by atoms with Crippen LogP contribution < -0.4 is 5.32 Å². The molecular formula is C18H18N4O3S. The number of aryl methyl sites for hydroxylation is 1. The highest BCUT2D eigenvalue weighted by Crippen LogP contribution is 2.23. The largest absolute Gasteiger partial charge is 0.355 e. The number of nitrogens with zero attached hydrogens (tertiary/aromatic N) is 3. The minimum Gasteiger partial charge on any atom is -0.355 e. The maximum absolute atomic E-state index is 12.4. The van der Waals surface area contributed by atoms with E-state index in [1.54, 1.807) is 24.4 Å². The maximum atomic E-state index is 12.4. The number of aromatic nitrogens is 2. The van der Waals surface area contributed by atoms with Crippen molar-refractivity contribution in [3.63, 3.8) is 0 Å². The Hall–Kier alpha value is -3.00. The van der Waals surface area contributed by atoms with Gasteiger partial charge in [0.25, 0.3) is 11.8 Å². The molecule has 0 aliphatic heterocycles. The molecule has 0 aliphatic carbocycles. The number of benzene rings is 1. The Morgan fingerprint density at radius 1 is 1.27 bits per heavy atom. The van der Waals surface area contributed by atoms with Crippen molar-refractivity contribution in [2.45, 2.75) is 6.92 Å². The first kappa shape index (κ1) is 17.8. The fourth-order valence-electron chi connectivity index (χ4n) is 2.41. The van der Waals surface area contributed by atoms with Crippen LogP contribution in [-0.2, 0) is 0 Å². The standard InChI is InChI=1S/C18H18N4O3S/c1-12-16(26-11-20-12)18(24)22(2)9-8-19-17(23)14-10-21-25-15(14)13-6-4-3-5-7-13/h3-7,10-11H,8-9H2,1-2H3,(H,19,23). The Bertz CT molecular complexity index is 904. The first-order chi connectivity index (χ1) is 12.6. The van der Waals surface area contributed by atoms with E-state index in [4.69, 9.17) is 4.52 Å². The summed E-state index contributed by atoms with van der Waals surface area (Å²) in [4.78, 5) is 31.0. The van der Waals surface area contributed by atoms with Crippen LogP contribution in [0.25, 0.3) is 11.3 Å². The molecule has 0 radical (unpaired) electrons. The molecule has 0 atom stereocenters. The van der Waals surface area contributed by atoms with Gasteiger partial charge in [-0.15, -0.1) is 11.3 Å². The van der Waals surface area contributed by atoms with Gasteiger partial charge in [0, 0.05) is 25.7 Å². The minimum atomic E-state index is -0.292. The van der Waals surface area contributed by atoms with E-state index >= 15 is 0 Å². The molecule has 0 bridgehead atoms. The summed E-state index contributed by atoms with van der Waals surface area (Å²) in [6.07, 6.45) is 1.40. The van der Waals surface area contributed by atoms with Gasteiger partial charge >= 0.3 is 0 Å². The van der Waals surface area contributed by atoms with E-state index < -0.39 is 0 Å². The van der Waals surface area contributed by atoms with E-state index in [1.165, 1.54) is 17.5 Å². The van der Waals surface area contributed by atoms with Crippen LogP contribution in [0.2, 0.25) is 0 Å². The Morgan fingerprint density at radius 3 is 2.73 bits per heavy atom. The molecular weight excluding hydrogens is 352 g/mol. The molecule has 0 saturated carbocycles. The topological polar surface area (TPSA) is 88.3 Å². The Balaban J connectivity index is 1.58. The molecule has 0 spiro atoms. The summed E-state index contributed by atoms with van der Waals surface area (Å²) >= 11 is 1.31. The van der Waals surface area contributed by atoms with Gasteiger partial charge in [-0.2, -0.15) is 0 Å². The second kappa shape index (κ2) is 7.92. The highest BCUT2D eigenvalue weighted by molar-refractivity contribution is 7.11. The van der Waals surface area contributed by atoms with Gasteiger partial charge in [0.05, 0.1) is 17.4 Å². The van der Waals surface area contributed by atoms with Crippen molar-refractivity contribution in [1.29, 1.82) is 0 Å². The summed E-state index contributed by atoms with van der Waals surface area (Å²) in [7, 11) is 1.70. The third kappa shape index (κ3) is 3.80. The number of amides is 2. The van der Waals surface area contributed by atoms with E-state index in [1.807, 2.05) is 30.3 Å². The smallest absolute Gasteiger partial charge is 0.265 e.